The molecule has 0 N–H and O–H groups in total. The fourth-order valence-corrected chi connectivity index (χ4v) is 2.99. The van der Waals surface area contributed by atoms with Gasteiger partial charge in [-0.2, -0.15) is 10.2 Å². The first-order valence-electron chi connectivity index (χ1n) is 9.22. The van der Waals surface area contributed by atoms with E-state index in [-0.39, 0.29) is 23.5 Å². The Morgan fingerprint density at radius 2 is 1.81 bits per heavy atom. The second kappa shape index (κ2) is 5.93. The molecule has 0 spiro atoms. The molecule has 0 aromatic carbocycles. The molecule has 0 aliphatic heterocycles. The summed E-state index contributed by atoms with van der Waals surface area (Å²) in [5.74, 6) is -0.306. The minimum absolute atomic E-state index is 0.0781. The lowest BCUT2D eigenvalue weighted by Crippen LogP contribution is -2.42. The lowest BCUT2D eigenvalue weighted by atomic mass is 10.1. The first-order chi connectivity index (χ1) is 12.0. The Hall–Kier alpha value is -2.18. The maximum absolute atomic E-state index is 13.1. The van der Waals surface area contributed by atoms with E-state index in [1.54, 1.807) is 10.9 Å². The topological polar surface area (TPSA) is 79.0 Å². The summed E-state index contributed by atoms with van der Waals surface area (Å²) in [6.45, 7) is 13.5. The fourth-order valence-electron chi connectivity index (χ4n) is 2.99. The van der Waals surface area contributed by atoms with Gasteiger partial charge in [0.2, 0.25) is 0 Å². The van der Waals surface area contributed by atoms with Crippen molar-refractivity contribution in [1.29, 1.82) is 0 Å². The molecule has 1 aliphatic rings. The van der Waals surface area contributed by atoms with Crippen LogP contribution in [0.1, 0.15) is 79.0 Å². The van der Waals surface area contributed by atoms with Crippen LogP contribution in [0.25, 0.3) is 10.9 Å². The Morgan fingerprint density at radius 1 is 1.19 bits per heavy atom. The van der Waals surface area contributed by atoms with Crippen molar-refractivity contribution in [2.45, 2.75) is 84.4 Å². The van der Waals surface area contributed by atoms with Crippen molar-refractivity contribution in [3.63, 3.8) is 0 Å². The van der Waals surface area contributed by atoms with E-state index >= 15 is 0 Å². The molecule has 1 saturated carbocycles. The van der Waals surface area contributed by atoms with E-state index in [9.17, 15) is 9.59 Å². The van der Waals surface area contributed by atoms with Crippen LogP contribution < -0.4 is 5.56 Å². The van der Waals surface area contributed by atoms with Gasteiger partial charge in [0.15, 0.2) is 5.54 Å². The molecular weight excluding hydrogens is 332 g/mol. The molecule has 142 valence electrons. The lowest BCUT2D eigenvalue weighted by molar-refractivity contribution is -0.161. The quantitative estimate of drug-likeness (QED) is 0.783. The molecule has 0 amide bonds. The van der Waals surface area contributed by atoms with Crippen LogP contribution in [0.15, 0.2) is 11.0 Å². The number of carbonyl (C=O) groups excluding carboxylic acids is 1. The van der Waals surface area contributed by atoms with Crippen LogP contribution in [-0.2, 0) is 15.1 Å². The average molecular weight is 360 g/mol. The highest BCUT2D eigenvalue weighted by Gasteiger charge is 2.56. The molecule has 26 heavy (non-hydrogen) atoms. The third kappa shape index (κ3) is 3.04. The summed E-state index contributed by atoms with van der Waals surface area (Å²) in [5, 5.41) is 9.66. The van der Waals surface area contributed by atoms with E-state index in [4.69, 9.17) is 4.74 Å². The van der Waals surface area contributed by atoms with Gasteiger partial charge in [-0.3, -0.25) is 9.48 Å². The number of hydrogen-bond acceptors (Lipinski definition) is 5. The average Bonchev–Trinajstić information content (AvgIpc) is 3.17. The van der Waals surface area contributed by atoms with Gasteiger partial charge in [0.05, 0.1) is 11.1 Å². The van der Waals surface area contributed by atoms with Crippen molar-refractivity contribution in [2.24, 2.45) is 0 Å². The van der Waals surface area contributed by atoms with Crippen molar-refractivity contribution in [3.05, 3.63) is 22.2 Å². The molecule has 1 aliphatic carbocycles. The number of rotatable bonds is 4. The molecule has 2 heterocycles. The van der Waals surface area contributed by atoms with E-state index < -0.39 is 11.1 Å². The number of esters is 1. The normalized spacial score (nSPS) is 16.5. The highest BCUT2D eigenvalue weighted by Crippen LogP contribution is 2.44. The molecule has 0 unspecified atom stereocenters. The summed E-state index contributed by atoms with van der Waals surface area (Å²) in [6.07, 6.45) is 2.89. The van der Waals surface area contributed by atoms with E-state index in [1.807, 2.05) is 48.5 Å². The number of fused-ring (bicyclic) bond motifs is 1. The van der Waals surface area contributed by atoms with Gasteiger partial charge >= 0.3 is 5.97 Å². The fraction of sp³-hybridized carbons (Fsp3) is 0.684. The van der Waals surface area contributed by atoms with Crippen LogP contribution in [0.4, 0.5) is 0 Å². The Balaban J connectivity index is 2.20. The van der Waals surface area contributed by atoms with Crippen LogP contribution in [-0.4, -0.2) is 31.1 Å². The summed E-state index contributed by atoms with van der Waals surface area (Å²) >= 11 is 0. The second-order valence-electron chi connectivity index (χ2n) is 8.76. The van der Waals surface area contributed by atoms with Gasteiger partial charge in [-0.15, -0.1) is 0 Å². The molecule has 0 bridgehead atoms. The first kappa shape index (κ1) is 18.6. The van der Waals surface area contributed by atoms with Crippen molar-refractivity contribution >= 4 is 16.9 Å². The van der Waals surface area contributed by atoms with Crippen LogP contribution in [0.3, 0.4) is 0 Å². The van der Waals surface area contributed by atoms with Gasteiger partial charge in [-0.1, -0.05) is 13.8 Å². The van der Waals surface area contributed by atoms with Crippen LogP contribution in [0.5, 0.6) is 0 Å². The Bertz CT molecular complexity index is 911. The van der Waals surface area contributed by atoms with Gasteiger partial charge in [-0.05, 0) is 53.4 Å². The van der Waals surface area contributed by atoms with Crippen LogP contribution >= 0.6 is 0 Å². The lowest BCUT2D eigenvalue weighted by Gasteiger charge is -2.24. The third-order valence-corrected chi connectivity index (χ3v) is 4.59. The summed E-state index contributed by atoms with van der Waals surface area (Å²) in [4.78, 5) is 25.9. The summed E-state index contributed by atoms with van der Waals surface area (Å²) in [7, 11) is 0. The van der Waals surface area contributed by atoms with Crippen LogP contribution in [0.2, 0.25) is 0 Å². The van der Waals surface area contributed by atoms with E-state index in [0.717, 1.165) is 5.69 Å². The zero-order valence-corrected chi connectivity index (χ0v) is 16.7. The molecule has 2 aromatic rings. The van der Waals surface area contributed by atoms with E-state index in [1.165, 1.54) is 4.68 Å². The third-order valence-electron chi connectivity index (χ3n) is 4.59. The maximum Gasteiger partial charge on any atom is 0.334 e. The predicted octanol–water partition coefficient (Wildman–Crippen LogP) is 3.13. The molecule has 7 heteroatoms. The van der Waals surface area contributed by atoms with Gasteiger partial charge < -0.3 is 4.74 Å². The Labute approximate surface area is 153 Å². The first-order valence-corrected chi connectivity index (χ1v) is 9.22. The molecule has 0 radical (unpaired) electrons. The molecule has 0 saturated heterocycles. The Morgan fingerprint density at radius 3 is 2.27 bits per heavy atom. The van der Waals surface area contributed by atoms with Gasteiger partial charge in [0.1, 0.15) is 11.1 Å². The van der Waals surface area contributed by atoms with E-state index in [0.29, 0.717) is 23.7 Å². The van der Waals surface area contributed by atoms with Crippen LogP contribution in [0, 0.1) is 0 Å². The van der Waals surface area contributed by atoms with Crippen molar-refractivity contribution in [3.8, 4) is 0 Å². The summed E-state index contributed by atoms with van der Waals surface area (Å²) in [5.41, 5.74) is -0.519. The standard InChI is InChI=1S/C19H28N4O3/c1-11(2)14-15-13(10-22(20-15)12(3)4)16(24)23(21-14)19(8-9-19)17(25)26-18(5,6)7/h10-12H,8-9H2,1-7H3. The molecule has 3 rings (SSSR count). The highest BCUT2D eigenvalue weighted by atomic mass is 16.6. The Kier molecular flexibility index (Phi) is 4.24. The van der Waals surface area contributed by atoms with Crippen molar-refractivity contribution in [1.82, 2.24) is 19.6 Å². The van der Waals surface area contributed by atoms with E-state index in [2.05, 4.69) is 10.2 Å². The minimum Gasteiger partial charge on any atom is -0.458 e. The smallest absolute Gasteiger partial charge is 0.334 e. The number of ether oxygens (including phenoxy) is 1. The predicted molar refractivity (Wildman–Crippen MR) is 99.3 cm³/mol. The zero-order valence-electron chi connectivity index (χ0n) is 16.7. The van der Waals surface area contributed by atoms with Gasteiger partial charge in [-0.25, -0.2) is 9.48 Å². The monoisotopic (exact) mass is 360 g/mol. The summed E-state index contributed by atoms with van der Waals surface area (Å²) in [6, 6.07) is 0.135. The highest BCUT2D eigenvalue weighted by molar-refractivity contribution is 5.84. The van der Waals surface area contributed by atoms with Crippen molar-refractivity contribution < 1.29 is 9.53 Å². The molecular formula is C19H28N4O3. The van der Waals surface area contributed by atoms with Crippen molar-refractivity contribution in [2.75, 3.05) is 0 Å². The number of carbonyl (C=O) groups is 1. The SMILES string of the molecule is CC(C)c1nn(C2(C(=O)OC(C)(C)C)CC2)c(=O)c2cn(C(C)C)nc12. The molecule has 2 aromatic heterocycles. The number of hydrogen-bond donors (Lipinski definition) is 0. The largest absolute Gasteiger partial charge is 0.458 e. The zero-order chi connectivity index (χ0) is 19.4. The molecule has 1 fully saturated rings. The summed E-state index contributed by atoms with van der Waals surface area (Å²) < 4.78 is 8.70. The second-order valence-corrected chi connectivity index (χ2v) is 8.76. The maximum atomic E-state index is 13.1. The molecule has 7 nitrogen and oxygen atoms in total. The number of aromatic nitrogens is 4. The van der Waals surface area contributed by atoms with Gasteiger partial charge in [0.25, 0.3) is 5.56 Å². The number of nitrogens with zero attached hydrogens (tertiary/aromatic N) is 4. The molecule has 0 atom stereocenters. The minimum atomic E-state index is -0.984. The van der Waals surface area contributed by atoms with Gasteiger partial charge in [0, 0.05) is 12.2 Å².